The second-order valence-electron chi connectivity index (χ2n) is 6.50. The van der Waals surface area contributed by atoms with E-state index < -0.39 is 6.10 Å². The molecule has 26 heavy (non-hydrogen) atoms. The molecule has 1 N–H and O–H groups in total. The van der Waals surface area contributed by atoms with Crippen molar-refractivity contribution in [3.63, 3.8) is 0 Å². The molecule has 7 nitrogen and oxygen atoms in total. The first-order valence-corrected chi connectivity index (χ1v) is 8.90. The van der Waals surface area contributed by atoms with Gasteiger partial charge >= 0.3 is 6.01 Å². The number of nitrogens with one attached hydrogen (secondary N) is 1. The zero-order valence-corrected chi connectivity index (χ0v) is 14.3. The summed E-state index contributed by atoms with van der Waals surface area (Å²) in [6.45, 7) is 0.229. The van der Waals surface area contributed by atoms with Crippen molar-refractivity contribution >= 4 is 5.91 Å². The largest absolute Gasteiger partial charge is 0.485 e. The molecule has 1 aromatic carbocycles. The monoisotopic (exact) mass is 355 g/mol. The number of ether oxygens (including phenoxy) is 3. The van der Waals surface area contributed by atoms with Gasteiger partial charge in [0.25, 0.3) is 5.91 Å². The van der Waals surface area contributed by atoms with Crippen LogP contribution in [0.2, 0.25) is 0 Å². The van der Waals surface area contributed by atoms with Gasteiger partial charge in [-0.05, 0) is 43.9 Å². The van der Waals surface area contributed by atoms with Gasteiger partial charge < -0.3 is 19.5 Å². The topological polar surface area (TPSA) is 82.6 Å². The molecule has 2 aliphatic rings. The fourth-order valence-corrected chi connectivity index (χ4v) is 3.26. The van der Waals surface area contributed by atoms with Crippen molar-refractivity contribution < 1.29 is 19.0 Å². The molecule has 136 valence electrons. The zero-order chi connectivity index (χ0) is 17.8. The molecule has 7 heteroatoms. The average Bonchev–Trinajstić information content (AvgIpc) is 2.70. The Kier molecular flexibility index (Phi) is 4.86. The Morgan fingerprint density at radius 3 is 2.54 bits per heavy atom. The highest BCUT2D eigenvalue weighted by atomic mass is 16.6. The zero-order valence-electron chi connectivity index (χ0n) is 14.3. The minimum absolute atomic E-state index is 0.0895. The number of carbonyl (C=O) groups is 1. The van der Waals surface area contributed by atoms with Crippen molar-refractivity contribution in [1.82, 2.24) is 15.3 Å². The van der Waals surface area contributed by atoms with Crippen LogP contribution in [-0.2, 0) is 4.79 Å². The van der Waals surface area contributed by atoms with Crippen LogP contribution in [-0.4, -0.2) is 40.7 Å². The summed E-state index contributed by atoms with van der Waals surface area (Å²) in [4.78, 5) is 20.7. The van der Waals surface area contributed by atoms with Crippen LogP contribution >= 0.6 is 0 Å². The van der Waals surface area contributed by atoms with E-state index in [4.69, 9.17) is 14.2 Å². The van der Waals surface area contributed by atoms with Gasteiger partial charge in [0.05, 0.1) is 0 Å². The summed E-state index contributed by atoms with van der Waals surface area (Å²) < 4.78 is 17.2. The number of nitrogens with zero attached hydrogens (tertiary/aromatic N) is 2. The SMILES string of the molecule is O=C(NC1CCC(Oc2ncccn2)CC1)[C@@H]1COc2ccccc2O1. The molecule has 1 aromatic heterocycles. The van der Waals surface area contributed by atoms with Gasteiger partial charge in [-0.1, -0.05) is 12.1 Å². The van der Waals surface area contributed by atoms with Gasteiger partial charge in [0, 0.05) is 18.4 Å². The number of carbonyl (C=O) groups excluding carboxylic acids is 1. The van der Waals surface area contributed by atoms with Crippen molar-refractivity contribution in [3.8, 4) is 17.5 Å². The van der Waals surface area contributed by atoms with Crippen LogP contribution in [0.25, 0.3) is 0 Å². The molecule has 0 spiro atoms. The van der Waals surface area contributed by atoms with Gasteiger partial charge in [0.2, 0.25) is 6.10 Å². The standard InChI is InChI=1S/C19H21N3O4/c23-18(17-12-24-15-4-1-2-5-16(15)26-17)22-13-6-8-14(9-7-13)25-19-20-10-3-11-21-19/h1-5,10-11,13-14,17H,6-9,12H2,(H,22,23)/t13?,14?,17-/m0/s1. The van der Waals surface area contributed by atoms with E-state index in [1.807, 2.05) is 24.3 Å². The summed E-state index contributed by atoms with van der Waals surface area (Å²) in [7, 11) is 0. The lowest BCUT2D eigenvalue weighted by molar-refractivity contribution is -0.131. The van der Waals surface area contributed by atoms with Gasteiger partial charge in [-0.25, -0.2) is 9.97 Å². The molecular formula is C19H21N3O4. The number of benzene rings is 1. The number of amides is 1. The molecule has 0 unspecified atom stereocenters. The first-order chi connectivity index (χ1) is 12.8. The lowest BCUT2D eigenvalue weighted by atomic mass is 9.93. The van der Waals surface area contributed by atoms with Gasteiger partial charge in [-0.3, -0.25) is 4.79 Å². The fraction of sp³-hybridized carbons (Fsp3) is 0.421. The van der Waals surface area contributed by atoms with Gasteiger partial charge in [0.1, 0.15) is 12.7 Å². The lowest BCUT2D eigenvalue weighted by Gasteiger charge is -2.31. The third-order valence-corrected chi connectivity index (χ3v) is 4.64. The van der Waals surface area contributed by atoms with Crippen molar-refractivity contribution in [2.45, 2.75) is 43.9 Å². The van der Waals surface area contributed by atoms with Crippen LogP contribution < -0.4 is 19.5 Å². The van der Waals surface area contributed by atoms with Crippen LogP contribution in [0.5, 0.6) is 17.5 Å². The molecule has 1 saturated carbocycles. The Bertz CT molecular complexity index is 747. The van der Waals surface area contributed by atoms with E-state index in [1.54, 1.807) is 18.5 Å². The van der Waals surface area contributed by atoms with E-state index in [2.05, 4.69) is 15.3 Å². The average molecular weight is 355 g/mol. The number of aromatic nitrogens is 2. The molecular weight excluding hydrogens is 334 g/mol. The number of fused-ring (bicyclic) bond motifs is 1. The van der Waals surface area contributed by atoms with E-state index in [-0.39, 0.29) is 24.7 Å². The summed E-state index contributed by atoms with van der Waals surface area (Å²) in [5, 5.41) is 3.07. The number of hydrogen-bond acceptors (Lipinski definition) is 6. The summed E-state index contributed by atoms with van der Waals surface area (Å²) in [5.74, 6) is 1.16. The quantitative estimate of drug-likeness (QED) is 0.905. The van der Waals surface area contributed by atoms with Crippen molar-refractivity contribution in [2.24, 2.45) is 0 Å². The Morgan fingerprint density at radius 1 is 1.04 bits per heavy atom. The normalized spacial score (nSPS) is 24.5. The molecule has 0 bridgehead atoms. The fourth-order valence-electron chi connectivity index (χ4n) is 3.26. The summed E-state index contributed by atoms with van der Waals surface area (Å²) in [5.41, 5.74) is 0. The minimum Gasteiger partial charge on any atom is -0.485 e. The summed E-state index contributed by atoms with van der Waals surface area (Å²) in [6, 6.07) is 9.68. The molecule has 1 fully saturated rings. The third kappa shape index (κ3) is 3.87. The highest BCUT2D eigenvalue weighted by molar-refractivity contribution is 5.82. The lowest BCUT2D eigenvalue weighted by Crippen LogP contribution is -2.49. The van der Waals surface area contributed by atoms with Crippen molar-refractivity contribution in [2.75, 3.05) is 6.61 Å². The smallest absolute Gasteiger partial charge is 0.316 e. The number of hydrogen-bond donors (Lipinski definition) is 1. The Morgan fingerprint density at radius 2 is 1.77 bits per heavy atom. The van der Waals surface area contributed by atoms with E-state index in [1.165, 1.54) is 0 Å². The Balaban J connectivity index is 1.25. The van der Waals surface area contributed by atoms with Crippen molar-refractivity contribution in [1.29, 1.82) is 0 Å². The van der Waals surface area contributed by atoms with Crippen LogP contribution in [0.4, 0.5) is 0 Å². The predicted octanol–water partition coefficient (Wildman–Crippen LogP) is 2.12. The molecule has 1 aliphatic heterocycles. The second kappa shape index (κ2) is 7.59. The first kappa shape index (κ1) is 16.6. The van der Waals surface area contributed by atoms with Crippen LogP contribution in [0.15, 0.2) is 42.7 Å². The van der Waals surface area contributed by atoms with Gasteiger partial charge in [-0.15, -0.1) is 0 Å². The maximum Gasteiger partial charge on any atom is 0.316 e. The van der Waals surface area contributed by atoms with E-state index in [0.29, 0.717) is 17.5 Å². The van der Waals surface area contributed by atoms with E-state index >= 15 is 0 Å². The Hall–Kier alpha value is -2.83. The highest BCUT2D eigenvalue weighted by Crippen LogP contribution is 2.31. The molecule has 4 rings (SSSR count). The maximum atomic E-state index is 12.5. The van der Waals surface area contributed by atoms with E-state index in [0.717, 1.165) is 25.7 Å². The van der Waals surface area contributed by atoms with Gasteiger partial charge in [-0.2, -0.15) is 0 Å². The number of rotatable bonds is 4. The molecule has 1 atom stereocenters. The third-order valence-electron chi connectivity index (χ3n) is 4.64. The van der Waals surface area contributed by atoms with Crippen LogP contribution in [0.1, 0.15) is 25.7 Å². The van der Waals surface area contributed by atoms with E-state index in [9.17, 15) is 4.79 Å². The van der Waals surface area contributed by atoms with Gasteiger partial charge in [0.15, 0.2) is 11.5 Å². The van der Waals surface area contributed by atoms with Crippen molar-refractivity contribution in [3.05, 3.63) is 42.7 Å². The highest BCUT2D eigenvalue weighted by Gasteiger charge is 2.30. The first-order valence-electron chi connectivity index (χ1n) is 8.90. The molecule has 1 amide bonds. The maximum absolute atomic E-state index is 12.5. The molecule has 1 aliphatic carbocycles. The molecule has 2 aromatic rings. The second-order valence-corrected chi connectivity index (χ2v) is 6.50. The molecule has 0 radical (unpaired) electrons. The molecule has 2 heterocycles. The minimum atomic E-state index is -0.614. The summed E-state index contributed by atoms with van der Waals surface area (Å²) >= 11 is 0. The predicted molar refractivity (Wildman–Crippen MR) is 93.2 cm³/mol. The Labute approximate surface area is 151 Å². The summed E-state index contributed by atoms with van der Waals surface area (Å²) in [6.07, 6.45) is 6.23. The number of para-hydroxylation sites is 2. The van der Waals surface area contributed by atoms with Crippen LogP contribution in [0.3, 0.4) is 0 Å². The van der Waals surface area contributed by atoms with Crippen LogP contribution in [0, 0.1) is 0 Å². The molecule has 0 saturated heterocycles.